The van der Waals surface area contributed by atoms with Gasteiger partial charge in [0.25, 0.3) is 0 Å². The van der Waals surface area contributed by atoms with Crippen molar-refractivity contribution < 1.29 is 4.74 Å². The molecule has 1 fully saturated rings. The summed E-state index contributed by atoms with van der Waals surface area (Å²) in [7, 11) is 0. The van der Waals surface area contributed by atoms with E-state index in [0.29, 0.717) is 0 Å². The minimum Gasteiger partial charge on any atom is -0.379 e. The second-order valence-corrected chi connectivity index (χ2v) is 7.98. The zero-order valence-corrected chi connectivity index (χ0v) is 17.9. The molecule has 0 radical (unpaired) electrons. The number of morpholine rings is 1. The smallest absolute Gasteiger partial charge is 0.162 e. The summed E-state index contributed by atoms with van der Waals surface area (Å²) < 4.78 is 6.46. The zero-order chi connectivity index (χ0) is 19.9. The molecule has 0 bridgehead atoms. The van der Waals surface area contributed by atoms with Crippen LogP contribution < -0.4 is 5.32 Å². The van der Waals surface area contributed by atoms with Crippen LogP contribution in [0.1, 0.15) is 6.42 Å². The first-order valence-corrected chi connectivity index (χ1v) is 10.8. The van der Waals surface area contributed by atoms with Crippen LogP contribution in [0, 0.1) is 0 Å². The molecule has 0 spiro atoms. The fourth-order valence-corrected chi connectivity index (χ4v) is 3.63. The van der Waals surface area contributed by atoms with Crippen LogP contribution in [0.2, 0.25) is 0 Å². The van der Waals surface area contributed by atoms with E-state index in [2.05, 4.69) is 38.3 Å². The van der Waals surface area contributed by atoms with Gasteiger partial charge in [0.15, 0.2) is 5.82 Å². The van der Waals surface area contributed by atoms with Gasteiger partial charge in [-0.15, -0.1) is 0 Å². The van der Waals surface area contributed by atoms with E-state index >= 15 is 0 Å². The van der Waals surface area contributed by atoms with Crippen LogP contribution in [0.5, 0.6) is 0 Å². The minimum atomic E-state index is 0.731. The summed E-state index contributed by atoms with van der Waals surface area (Å²) in [4.78, 5) is 12.0. The Kier molecular flexibility index (Phi) is 6.87. The summed E-state index contributed by atoms with van der Waals surface area (Å²) in [5, 5.41) is 3.50. The molecule has 2 heterocycles. The van der Waals surface area contributed by atoms with E-state index in [1.807, 2.05) is 48.5 Å². The molecule has 6 heteroatoms. The Morgan fingerprint density at radius 2 is 1.69 bits per heavy atom. The first-order chi connectivity index (χ1) is 14.3. The van der Waals surface area contributed by atoms with E-state index in [0.717, 1.165) is 78.7 Å². The van der Waals surface area contributed by atoms with Crippen molar-refractivity contribution in [3.63, 3.8) is 0 Å². The molecule has 1 N–H and O–H groups in total. The van der Waals surface area contributed by atoms with Gasteiger partial charge in [0, 0.05) is 41.3 Å². The van der Waals surface area contributed by atoms with Crippen LogP contribution in [0.15, 0.2) is 65.1 Å². The summed E-state index contributed by atoms with van der Waals surface area (Å²) in [5.74, 6) is 1.59. The molecule has 2 aromatic carbocycles. The fourth-order valence-electron chi connectivity index (χ4n) is 3.37. The number of halogens is 1. The van der Waals surface area contributed by atoms with Crippen molar-refractivity contribution >= 4 is 21.7 Å². The first kappa shape index (κ1) is 20.0. The Hall–Kier alpha value is -2.28. The summed E-state index contributed by atoms with van der Waals surface area (Å²) in [6.07, 6.45) is 1.07. The van der Waals surface area contributed by atoms with Gasteiger partial charge in [-0.3, -0.25) is 4.90 Å². The number of aromatic nitrogens is 2. The number of ether oxygens (including phenoxy) is 1. The SMILES string of the molecule is Brc1ccc(-c2nc(NCCCN3CCOCC3)cc(-c3ccccc3)n2)cc1. The molecule has 0 amide bonds. The average Bonchev–Trinajstić information content (AvgIpc) is 2.78. The molecule has 1 aliphatic rings. The second kappa shape index (κ2) is 9.96. The summed E-state index contributed by atoms with van der Waals surface area (Å²) in [5.41, 5.74) is 3.01. The number of anilines is 1. The lowest BCUT2D eigenvalue weighted by atomic mass is 10.1. The topological polar surface area (TPSA) is 50.3 Å². The van der Waals surface area contributed by atoms with Gasteiger partial charge in [0.2, 0.25) is 0 Å². The molecule has 4 rings (SSSR count). The van der Waals surface area contributed by atoms with Gasteiger partial charge in [-0.25, -0.2) is 9.97 Å². The molecule has 29 heavy (non-hydrogen) atoms. The highest BCUT2D eigenvalue weighted by Crippen LogP contribution is 2.25. The number of hydrogen-bond donors (Lipinski definition) is 1. The molecule has 1 aromatic heterocycles. The number of nitrogens with one attached hydrogen (secondary N) is 1. The van der Waals surface area contributed by atoms with Crippen LogP contribution in [0.25, 0.3) is 22.6 Å². The Morgan fingerprint density at radius 3 is 2.45 bits per heavy atom. The molecule has 5 nitrogen and oxygen atoms in total. The van der Waals surface area contributed by atoms with Crippen LogP contribution in [0.3, 0.4) is 0 Å². The van der Waals surface area contributed by atoms with Crippen molar-refractivity contribution in [3.05, 3.63) is 65.1 Å². The van der Waals surface area contributed by atoms with Gasteiger partial charge in [-0.1, -0.05) is 58.4 Å². The summed E-state index contributed by atoms with van der Waals surface area (Å²) in [6, 6.07) is 20.4. The maximum Gasteiger partial charge on any atom is 0.162 e. The number of hydrogen-bond acceptors (Lipinski definition) is 5. The van der Waals surface area contributed by atoms with E-state index in [-0.39, 0.29) is 0 Å². The molecular formula is C23H25BrN4O. The van der Waals surface area contributed by atoms with Crippen molar-refractivity contribution in [2.24, 2.45) is 0 Å². The van der Waals surface area contributed by atoms with Gasteiger partial charge >= 0.3 is 0 Å². The maximum atomic E-state index is 5.42. The molecule has 0 aliphatic carbocycles. The average molecular weight is 453 g/mol. The lowest BCUT2D eigenvalue weighted by molar-refractivity contribution is 0.0378. The highest BCUT2D eigenvalue weighted by Gasteiger charge is 2.11. The van der Waals surface area contributed by atoms with Gasteiger partial charge < -0.3 is 10.1 Å². The van der Waals surface area contributed by atoms with Crippen LogP contribution in [-0.2, 0) is 4.74 Å². The normalized spacial score (nSPS) is 14.7. The van der Waals surface area contributed by atoms with E-state index in [1.165, 1.54) is 0 Å². The molecule has 150 valence electrons. The fraction of sp³-hybridized carbons (Fsp3) is 0.304. The van der Waals surface area contributed by atoms with Crippen LogP contribution in [-0.4, -0.2) is 54.3 Å². The largest absolute Gasteiger partial charge is 0.379 e. The van der Waals surface area contributed by atoms with E-state index < -0.39 is 0 Å². The third kappa shape index (κ3) is 5.63. The van der Waals surface area contributed by atoms with Crippen molar-refractivity contribution in [1.29, 1.82) is 0 Å². The van der Waals surface area contributed by atoms with Crippen molar-refractivity contribution in [3.8, 4) is 22.6 Å². The lowest BCUT2D eigenvalue weighted by Crippen LogP contribution is -2.37. The Balaban J connectivity index is 1.50. The number of nitrogens with zero attached hydrogens (tertiary/aromatic N) is 3. The molecule has 0 unspecified atom stereocenters. The van der Waals surface area contributed by atoms with Gasteiger partial charge in [-0.2, -0.15) is 0 Å². The summed E-state index contributed by atoms with van der Waals surface area (Å²) in [6.45, 7) is 5.69. The van der Waals surface area contributed by atoms with Crippen molar-refractivity contribution in [1.82, 2.24) is 14.9 Å². The second-order valence-electron chi connectivity index (χ2n) is 7.07. The maximum absolute atomic E-state index is 5.42. The molecule has 1 saturated heterocycles. The van der Waals surface area contributed by atoms with E-state index in [9.17, 15) is 0 Å². The standard InChI is InChI=1S/C23H25BrN4O/c24-20-9-7-19(8-10-20)23-26-21(18-5-2-1-3-6-18)17-22(27-23)25-11-4-12-28-13-15-29-16-14-28/h1-3,5-10,17H,4,11-16H2,(H,25,26,27). The Labute approximate surface area is 180 Å². The third-order valence-electron chi connectivity index (χ3n) is 4.96. The highest BCUT2D eigenvalue weighted by molar-refractivity contribution is 9.10. The van der Waals surface area contributed by atoms with Gasteiger partial charge in [0.1, 0.15) is 5.82 Å². The molecule has 3 aromatic rings. The predicted molar refractivity (Wildman–Crippen MR) is 121 cm³/mol. The monoisotopic (exact) mass is 452 g/mol. The molecule has 1 aliphatic heterocycles. The van der Waals surface area contributed by atoms with E-state index in [4.69, 9.17) is 14.7 Å². The highest BCUT2D eigenvalue weighted by atomic mass is 79.9. The zero-order valence-electron chi connectivity index (χ0n) is 16.4. The van der Waals surface area contributed by atoms with Crippen molar-refractivity contribution in [2.45, 2.75) is 6.42 Å². The van der Waals surface area contributed by atoms with Crippen LogP contribution >= 0.6 is 15.9 Å². The molecule has 0 saturated carbocycles. The van der Waals surface area contributed by atoms with Gasteiger partial charge in [-0.05, 0) is 25.1 Å². The first-order valence-electron chi connectivity index (χ1n) is 10.0. The molecular weight excluding hydrogens is 428 g/mol. The minimum absolute atomic E-state index is 0.731. The number of rotatable bonds is 7. The van der Waals surface area contributed by atoms with Crippen molar-refractivity contribution in [2.75, 3.05) is 44.7 Å². The Morgan fingerprint density at radius 1 is 0.931 bits per heavy atom. The number of benzene rings is 2. The predicted octanol–water partition coefficient (Wildman–Crippen LogP) is 4.71. The summed E-state index contributed by atoms with van der Waals surface area (Å²) >= 11 is 3.49. The van der Waals surface area contributed by atoms with E-state index in [1.54, 1.807) is 0 Å². The van der Waals surface area contributed by atoms with Gasteiger partial charge in [0.05, 0.1) is 18.9 Å². The quantitative estimate of drug-likeness (QED) is 0.526. The van der Waals surface area contributed by atoms with Crippen LogP contribution in [0.4, 0.5) is 5.82 Å². The molecule has 0 atom stereocenters. The Bertz CT molecular complexity index is 912. The third-order valence-corrected chi connectivity index (χ3v) is 5.49. The lowest BCUT2D eigenvalue weighted by Gasteiger charge is -2.26.